The van der Waals surface area contributed by atoms with Gasteiger partial charge in [0.2, 0.25) is 11.9 Å². The standard InChI is InChI=1S/C21H24N8O2/c1-3-19(30)24-15-4-6-16(7-5-15)25-20-18(29-8-10-31-11-9-29)13-22-21(27-20)26-17-12-23-28(2)14-17/h3-7,12-14H,1,8-11H2,2H3,(H,24,30)(H2,22,25,26,27). The number of hydrogen-bond acceptors (Lipinski definition) is 8. The fourth-order valence-corrected chi connectivity index (χ4v) is 3.15. The van der Waals surface area contributed by atoms with Gasteiger partial charge in [0.25, 0.3) is 0 Å². The van der Waals surface area contributed by atoms with Crippen molar-refractivity contribution in [2.75, 3.05) is 47.2 Å². The molecule has 0 spiro atoms. The van der Waals surface area contributed by atoms with Gasteiger partial charge in [0.1, 0.15) is 0 Å². The van der Waals surface area contributed by atoms with Crippen LogP contribution in [0.15, 0.2) is 55.5 Å². The minimum absolute atomic E-state index is 0.253. The van der Waals surface area contributed by atoms with Crippen LogP contribution in [0.4, 0.5) is 34.5 Å². The van der Waals surface area contributed by atoms with Crippen LogP contribution in [0, 0.1) is 0 Å². The summed E-state index contributed by atoms with van der Waals surface area (Å²) in [6, 6.07) is 7.37. The first-order valence-electron chi connectivity index (χ1n) is 9.86. The average molecular weight is 420 g/mol. The molecule has 0 saturated carbocycles. The van der Waals surface area contributed by atoms with Crippen molar-refractivity contribution in [1.29, 1.82) is 0 Å². The van der Waals surface area contributed by atoms with E-state index in [1.54, 1.807) is 17.1 Å². The Bertz CT molecular complexity index is 1060. The molecule has 0 atom stereocenters. The van der Waals surface area contributed by atoms with E-state index >= 15 is 0 Å². The van der Waals surface area contributed by atoms with Crippen molar-refractivity contribution in [2.45, 2.75) is 0 Å². The molecule has 2 aromatic heterocycles. The van der Waals surface area contributed by atoms with Crippen LogP contribution in [0.25, 0.3) is 0 Å². The minimum Gasteiger partial charge on any atom is -0.378 e. The van der Waals surface area contributed by atoms with Gasteiger partial charge in [0, 0.05) is 37.7 Å². The SMILES string of the molecule is C=CC(=O)Nc1ccc(Nc2nc(Nc3cnn(C)c3)ncc2N2CCOCC2)cc1. The Balaban J connectivity index is 1.58. The van der Waals surface area contributed by atoms with Gasteiger partial charge in [-0.25, -0.2) is 4.98 Å². The fourth-order valence-electron chi connectivity index (χ4n) is 3.15. The molecule has 160 valence electrons. The van der Waals surface area contributed by atoms with Crippen LogP contribution in [0.1, 0.15) is 0 Å². The summed E-state index contributed by atoms with van der Waals surface area (Å²) in [5, 5.41) is 13.4. The Morgan fingerprint density at radius 2 is 1.84 bits per heavy atom. The first-order valence-corrected chi connectivity index (χ1v) is 9.86. The van der Waals surface area contributed by atoms with E-state index in [9.17, 15) is 4.79 Å². The van der Waals surface area contributed by atoms with Crippen molar-refractivity contribution in [2.24, 2.45) is 7.05 Å². The molecule has 1 saturated heterocycles. The second-order valence-corrected chi connectivity index (χ2v) is 6.95. The van der Waals surface area contributed by atoms with Gasteiger partial charge >= 0.3 is 0 Å². The van der Waals surface area contributed by atoms with E-state index in [0.29, 0.717) is 30.7 Å². The van der Waals surface area contributed by atoms with E-state index in [2.05, 4.69) is 37.5 Å². The Kier molecular flexibility index (Phi) is 6.08. The van der Waals surface area contributed by atoms with Crippen LogP contribution in [0.5, 0.6) is 0 Å². The number of aryl methyl sites for hydroxylation is 1. The topological polar surface area (TPSA) is 109 Å². The molecule has 1 amide bonds. The smallest absolute Gasteiger partial charge is 0.247 e. The van der Waals surface area contributed by atoms with Crippen LogP contribution < -0.4 is 20.9 Å². The molecule has 1 aliphatic heterocycles. The molecule has 1 aliphatic rings. The van der Waals surface area contributed by atoms with Gasteiger partial charge in [-0.2, -0.15) is 10.1 Å². The molecule has 3 N–H and O–H groups in total. The number of nitrogens with one attached hydrogen (secondary N) is 3. The van der Waals surface area contributed by atoms with Crippen molar-refractivity contribution in [3.8, 4) is 0 Å². The van der Waals surface area contributed by atoms with Crippen LogP contribution in [0.2, 0.25) is 0 Å². The lowest BCUT2D eigenvalue weighted by Gasteiger charge is -2.30. The summed E-state index contributed by atoms with van der Waals surface area (Å²) < 4.78 is 7.18. The van der Waals surface area contributed by atoms with Gasteiger partial charge in [-0.3, -0.25) is 9.48 Å². The Labute approximate surface area is 180 Å². The van der Waals surface area contributed by atoms with E-state index in [-0.39, 0.29) is 5.91 Å². The molecular formula is C21H24N8O2. The zero-order chi connectivity index (χ0) is 21.6. The quantitative estimate of drug-likeness (QED) is 0.501. The van der Waals surface area contributed by atoms with E-state index in [1.165, 1.54) is 6.08 Å². The third-order valence-electron chi connectivity index (χ3n) is 4.68. The van der Waals surface area contributed by atoms with Gasteiger partial charge in [0.05, 0.1) is 37.0 Å². The van der Waals surface area contributed by atoms with Crippen LogP contribution in [-0.2, 0) is 16.6 Å². The van der Waals surface area contributed by atoms with Crippen molar-refractivity contribution in [3.05, 3.63) is 55.5 Å². The highest BCUT2D eigenvalue weighted by Gasteiger charge is 2.18. The van der Waals surface area contributed by atoms with Gasteiger partial charge in [-0.05, 0) is 30.3 Å². The molecule has 0 unspecified atom stereocenters. The first kappa shape index (κ1) is 20.4. The molecule has 0 bridgehead atoms. The number of carbonyl (C=O) groups is 1. The fraction of sp³-hybridized carbons (Fsp3) is 0.238. The number of amides is 1. The van der Waals surface area contributed by atoms with Crippen molar-refractivity contribution < 1.29 is 9.53 Å². The van der Waals surface area contributed by atoms with E-state index in [0.717, 1.165) is 30.2 Å². The number of benzene rings is 1. The summed E-state index contributed by atoms with van der Waals surface area (Å²) in [7, 11) is 1.85. The zero-order valence-electron chi connectivity index (χ0n) is 17.2. The lowest BCUT2D eigenvalue weighted by molar-refractivity contribution is -0.111. The number of carbonyl (C=O) groups excluding carboxylic acids is 1. The van der Waals surface area contributed by atoms with Gasteiger partial charge in [0.15, 0.2) is 5.82 Å². The maximum Gasteiger partial charge on any atom is 0.247 e. The minimum atomic E-state index is -0.253. The molecule has 3 heterocycles. The number of morpholine rings is 1. The molecule has 1 fully saturated rings. The highest BCUT2D eigenvalue weighted by molar-refractivity contribution is 5.99. The number of hydrogen-bond donors (Lipinski definition) is 3. The molecule has 10 heteroatoms. The van der Waals surface area contributed by atoms with Crippen molar-refractivity contribution in [1.82, 2.24) is 19.7 Å². The number of ether oxygens (including phenoxy) is 1. The van der Waals surface area contributed by atoms with Gasteiger partial charge in [-0.15, -0.1) is 0 Å². The molecule has 10 nitrogen and oxygen atoms in total. The third-order valence-corrected chi connectivity index (χ3v) is 4.68. The summed E-state index contributed by atoms with van der Waals surface area (Å²) in [5.74, 6) is 0.880. The number of rotatable bonds is 7. The number of nitrogens with zero attached hydrogens (tertiary/aromatic N) is 5. The molecule has 31 heavy (non-hydrogen) atoms. The lowest BCUT2D eigenvalue weighted by atomic mass is 10.2. The predicted molar refractivity (Wildman–Crippen MR) is 120 cm³/mol. The molecule has 1 aromatic carbocycles. The molecular weight excluding hydrogens is 396 g/mol. The number of anilines is 6. The largest absolute Gasteiger partial charge is 0.378 e. The maximum atomic E-state index is 11.5. The second-order valence-electron chi connectivity index (χ2n) is 6.95. The van der Waals surface area contributed by atoms with Gasteiger partial charge in [-0.1, -0.05) is 6.58 Å². The maximum absolute atomic E-state index is 11.5. The highest BCUT2D eigenvalue weighted by atomic mass is 16.5. The summed E-state index contributed by atoms with van der Waals surface area (Å²) in [6.07, 6.45) is 6.60. The van der Waals surface area contributed by atoms with Crippen LogP contribution in [0.3, 0.4) is 0 Å². The van der Waals surface area contributed by atoms with E-state index < -0.39 is 0 Å². The third kappa shape index (κ3) is 5.17. The van der Waals surface area contributed by atoms with E-state index in [4.69, 9.17) is 9.72 Å². The molecule has 0 radical (unpaired) electrons. The Hall–Kier alpha value is -3.92. The van der Waals surface area contributed by atoms with Gasteiger partial charge < -0.3 is 25.6 Å². The monoisotopic (exact) mass is 420 g/mol. The van der Waals surface area contributed by atoms with Crippen LogP contribution >= 0.6 is 0 Å². The highest BCUT2D eigenvalue weighted by Crippen LogP contribution is 2.29. The Morgan fingerprint density at radius 3 is 2.52 bits per heavy atom. The number of aromatic nitrogens is 4. The lowest BCUT2D eigenvalue weighted by Crippen LogP contribution is -2.36. The Morgan fingerprint density at radius 1 is 1.10 bits per heavy atom. The van der Waals surface area contributed by atoms with Crippen molar-refractivity contribution in [3.63, 3.8) is 0 Å². The summed E-state index contributed by atoms with van der Waals surface area (Å²) in [4.78, 5) is 22.8. The van der Waals surface area contributed by atoms with Crippen molar-refractivity contribution >= 4 is 40.4 Å². The summed E-state index contributed by atoms with van der Waals surface area (Å²) in [6.45, 7) is 6.31. The van der Waals surface area contributed by atoms with E-state index in [1.807, 2.05) is 37.5 Å². The molecule has 3 aromatic rings. The second kappa shape index (κ2) is 9.26. The average Bonchev–Trinajstić information content (AvgIpc) is 3.20. The normalized spacial score (nSPS) is 13.5. The zero-order valence-corrected chi connectivity index (χ0v) is 17.2. The predicted octanol–water partition coefficient (Wildman–Crippen LogP) is 2.66. The summed E-state index contributed by atoms with van der Waals surface area (Å²) in [5.41, 5.74) is 3.21. The first-order chi connectivity index (χ1) is 15.1. The molecule has 4 rings (SSSR count). The van der Waals surface area contributed by atoms with Crippen LogP contribution in [-0.4, -0.2) is 52.0 Å². The molecule has 0 aliphatic carbocycles. The summed E-state index contributed by atoms with van der Waals surface area (Å²) >= 11 is 0.